The molecule has 0 aromatic carbocycles. The van der Waals surface area contributed by atoms with E-state index >= 15 is 0 Å². The van der Waals surface area contributed by atoms with Gasteiger partial charge in [-0.2, -0.15) is 0 Å². The zero-order valence-corrected chi connectivity index (χ0v) is 16.3. The van der Waals surface area contributed by atoms with Crippen LogP contribution in [0.5, 0.6) is 5.88 Å². The molecule has 0 atom stereocenters. The maximum atomic E-state index is 11.8. The van der Waals surface area contributed by atoms with Crippen molar-refractivity contribution in [3.8, 4) is 5.88 Å². The third kappa shape index (κ3) is 5.43. The predicted molar refractivity (Wildman–Crippen MR) is 104 cm³/mol. The van der Waals surface area contributed by atoms with E-state index in [0.717, 1.165) is 30.8 Å². The molecule has 9 heteroatoms. The van der Waals surface area contributed by atoms with Crippen molar-refractivity contribution in [2.24, 2.45) is 0 Å². The molecule has 2 aromatic heterocycles. The van der Waals surface area contributed by atoms with Crippen molar-refractivity contribution in [2.45, 2.75) is 23.7 Å². The molecule has 0 bridgehead atoms. The number of ether oxygens (including phenoxy) is 1. The first kappa shape index (κ1) is 20.1. The number of aliphatic carboxylic acids is 1. The largest absolute Gasteiger partial charge is 0.481 e. The minimum absolute atomic E-state index is 0.205. The molecule has 3 heterocycles. The SMILES string of the molecule is COc1cc(C2CCN(Sc3ccc(C(=O)NCC(=O)O)nc3)CC2)ccn1. The van der Waals surface area contributed by atoms with Gasteiger partial charge in [0.15, 0.2) is 0 Å². The average Bonchev–Trinajstić information content (AvgIpc) is 2.73. The molecule has 1 aliphatic rings. The van der Waals surface area contributed by atoms with Gasteiger partial charge in [-0.25, -0.2) is 14.3 Å². The second kappa shape index (κ2) is 9.52. The van der Waals surface area contributed by atoms with Gasteiger partial charge in [-0.05, 0) is 54.5 Å². The lowest BCUT2D eigenvalue weighted by Crippen LogP contribution is -2.29. The Morgan fingerprint density at radius 3 is 2.71 bits per heavy atom. The van der Waals surface area contributed by atoms with Crippen LogP contribution in [-0.2, 0) is 4.79 Å². The van der Waals surface area contributed by atoms with Crippen LogP contribution in [0.4, 0.5) is 0 Å². The standard InChI is InChI=1S/C19H22N4O4S/c1-27-17-10-14(4-7-20-17)13-5-8-23(9-6-13)28-15-2-3-16(21-11-15)19(26)22-12-18(24)25/h2-4,7,10-11,13H,5-6,8-9,12H2,1H3,(H,22,26)(H,24,25). The van der Waals surface area contributed by atoms with Gasteiger partial charge in [-0.3, -0.25) is 9.59 Å². The molecule has 148 valence electrons. The van der Waals surface area contributed by atoms with Crippen molar-refractivity contribution in [1.29, 1.82) is 0 Å². The summed E-state index contributed by atoms with van der Waals surface area (Å²) in [4.78, 5) is 31.5. The first-order valence-corrected chi connectivity index (χ1v) is 9.71. The quantitative estimate of drug-likeness (QED) is 0.679. The minimum Gasteiger partial charge on any atom is -0.481 e. The highest BCUT2D eigenvalue weighted by Gasteiger charge is 2.22. The van der Waals surface area contributed by atoms with Crippen LogP contribution in [0.25, 0.3) is 0 Å². The smallest absolute Gasteiger partial charge is 0.322 e. The molecule has 1 amide bonds. The first-order chi connectivity index (χ1) is 13.5. The summed E-state index contributed by atoms with van der Waals surface area (Å²) in [6.07, 6.45) is 5.52. The van der Waals surface area contributed by atoms with Crippen LogP contribution in [0.3, 0.4) is 0 Å². The van der Waals surface area contributed by atoms with Crippen LogP contribution in [-0.4, -0.2) is 58.0 Å². The highest BCUT2D eigenvalue weighted by molar-refractivity contribution is 7.97. The van der Waals surface area contributed by atoms with Gasteiger partial charge in [0.05, 0.1) is 7.11 Å². The van der Waals surface area contributed by atoms with Gasteiger partial charge in [0.25, 0.3) is 5.91 Å². The van der Waals surface area contributed by atoms with Gasteiger partial charge in [-0.15, -0.1) is 0 Å². The van der Waals surface area contributed by atoms with E-state index in [1.165, 1.54) is 5.56 Å². The van der Waals surface area contributed by atoms with Crippen LogP contribution in [0, 0.1) is 0 Å². The summed E-state index contributed by atoms with van der Waals surface area (Å²) in [6, 6.07) is 7.49. The number of pyridine rings is 2. The Balaban J connectivity index is 1.50. The van der Waals surface area contributed by atoms with Crippen molar-refractivity contribution in [2.75, 3.05) is 26.7 Å². The third-order valence-corrected chi connectivity index (χ3v) is 5.57. The van der Waals surface area contributed by atoms with E-state index in [4.69, 9.17) is 9.84 Å². The van der Waals surface area contributed by atoms with Crippen molar-refractivity contribution < 1.29 is 19.4 Å². The summed E-state index contributed by atoms with van der Waals surface area (Å²) in [5, 5.41) is 10.9. The maximum absolute atomic E-state index is 11.8. The molecule has 8 nitrogen and oxygen atoms in total. The summed E-state index contributed by atoms with van der Waals surface area (Å²) in [5.41, 5.74) is 1.46. The second-order valence-electron chi connectivity index (χ2n) is 6.38. The van der Waals surface area contributed by atoms with E-state index in [-0.39, 0.29) is 5.69 Å². The van der Waals surface area contributed by atoms with Gasteiger partial charge >= 0.3 is 5.97 Å². The van der Waals surface area contributed by atoms with Crippen LogP contribution in [0.2, 0.25) is 0 Å². The van der Waals surface area contributed by atoms with E-state index in [1.807, 2.05) is 18.2 Å². The third-order valence-electron chi connectivity index (χ3n) is 4.50. The summed E-state index contributed by atoms with van der Waals surface area (Å²) in [5.74, 6) is -0.443. The number of nitrogens with zero attached hydrogens (tertiary/aromatic N) is 3. The number of nitrogens with one attached hydrogen (secondary N) is 1. The van der Waals surface area contributed by atoms with Crippen molar-refractivity contribution in [1.82, 2.24) is 19.6 Å². The number of piperidine rings is 1. The van der Waals surface area contributed by atoms with Crippen molar-refractivity contribution in [3.05, 3.63) is 47.9 Å². The Labute approximate surface area is 167 Å². The average molecular weight is 402 g/mol. The molecule has 28 heavy (non-hydrogen) atoms. The van der Waals surface area contributed by atoms with Gasteiger partial charge < -0.3 is 15.2 Å². The van der Waals surface area contributed by atoms with E-state index in [0.29, 0.717) is 11.8 Å². The lowest BCUT2D eigenvalue weighted by atomic mass is 9.91. The Hall–Kier alpha value is -2.65. The highest BCUT2D eigenvalue weighted by Crippen LogP contribution is 2.33. The molecular weight excluding hydrogens is 380 g/mol. The molecular formula is C19H22N4O4S. The van der Waals surface area contributed by atoms with E-state index in [9.17, 15) is 9.59 Å². The number of rotatable bonds is 7. The number of carboxylic acid groups (broad SMARTS) is 1. The lowest BCUT2D eigenvalue weighted by molar-refractivity contribution is -0.135. The Bertz CT molecular complexity index is 823. The lowest BCUT2D eigenvalue weighted by Gasteiger charge is -2.31. The zero-order valence-electron chi connectivity index (χ0n) is 15.5. The summed E-state index contributed by atoms with van der Waals surface area (Å²) in [7, 11) is 1.63. The minimum atomic E-state index is -1.09. The molecule has 0 saturated carbocycles. The van der Waals surface area contributed by atoms with Crippen molar-refractivity contribution >= 4 is 23.8 Å². The summed E-state index contributed by atoms with van der Waals surface area (Å²) >= 11 is 1.62. The number of hydrogen-bond acceptors (Lipinski definition) is 7. The van der Waals surface area contributed by atoms with E-state index in [1.54, 1.807) is 37.5 Å². The molecule has 1 fully saturated rings. The van der Waals surface area contributed by atoms with E-state index < -0.39 is 18.4 Å². The number of methoxy groups -OCH3 is 1. The monoisotopic (exact) mass is 402 g/mol. The van der Waals surface area contributed by atoms with Crippen LogP contribution < -0.4 is 10.1 Å². The normalized spacial score (nSPS) is 15.2. The number of amides is 1. The van der Waals surface area contributed by atoms with Crippen LogP contribution in [0.15, 0.2) is 41.6 Å². The Morgan fingerprint density at radius 1 is 1.29 bits per heavy atom. The molecule has 0 aliphatic carbocycles. The molecule has 1 aliphatic heterocycles. The summed E-state index contributed by atoms with van der Waals surface area (Å²) < 4.78 is 7.50. The molecule has 2 aromatic rings. The second-order valence-corrected chi connectivity index (χ2v) is 7.55. The zero-order chi connectivity index (χ0) is 19.9. The van der Waals surface area contributed by atoms with Gasteiger partial charge in [0.2, 0.25) is 5.88 Å². The van der Waals surface area contributed by atoms with Crippen LogP contribution >= 0.6 is 11.9 Å². The number of aromatic nitrogens is 2. The number of hydrogen-bond donors (Lipinski definition) is 2. The topological polar surface area (TPSA) is 105 Å². The Morgan fingerprint density at radius 2 is 2.07 bits per heavy atom. The highest BCUT2D eigenvalue weighted by atomic mass is 32.2. The van der Waals surface area contributed by atoms with Gasteiger partial charge in [0.1, 0.15) is 12.2 Å². The van der Waals surface area contributed by atoms with E-state index in [2.05, 4.69) is 19.6 Å². The molecule has 0 radical (unpaired) electrons. The molecule has 2 N–H and O–H groups in total. The first-order valence-electron chi connectivity index (χ1n) is 8.94. The van der Waals surface area contributed by atoms with Crippen LogP contribution in [0.1, 0.15) is 34.8 Å². The fraction of sp³-hybridized carbons (Fsp3) is 0.368. The van der Waals surface area contributed by atoms with Crippen molar-refractivity contribution in [3.63, 3.8) is 0 Å². The number of carboxylic acids is 1. The number of carbonyl (C=O) groups is 2. The molecule has 1 saturated heterocycles. The summed E-state index contributed by atoms with van der Waals surface area (Å²) in [6.45, 7) is 1.47. The molecule has 0 unspecified atom stereocenters. The maximum Gasteiger partial charge on any atom is 0.322 e. The Kier molecular flexibility index (Phi) is 6.83. The van der Waals surface area contributed by atoms with Gasteiger partial charge in [-0.1, -0.05) is 0 Å². The predicted octanol–water partition coefficient (Wildman–Crippen LogP) is 2.19. The molecule has 3 rings (SSSR count). The van der Waals surface area contributed by atoms with Gasteiger partial charge in [0, 0.05) is 36.4 Å². The molecule has 0 spiro atoms. The fourth-order valence-electron chi connectivity index (χ4n) is 3.03. The fourth-order valence-corrected chi connectivity index (χ4v) is 3.96. The number of carbonyl (C=O) groups excluding carboxylic acids is 1.